The Morgan fingerprint density at radius 2 is 1.92 bits per heavy atom. The van der Waals surface area contributed by atoms with Crippen LogP contribution in [0.1, 0.15) is 12.8 Å². The summed E-state index contributed by atoms with van der Waals surface area (Å²) in [6.07, 6.45) is 2.41. The van der Waals surface area contributed by atoms with E-state index < -0.39 is 0 Å². The van der Waals surface area contributed by atoms with E-state index in [2.05, 4.69) is 9.95 Å². The Labute approximate surface area is 166 Å². The summed E-state index contributed by atoms with van der Waals surface area (Å²) in [5.74, 6) is 0. The minimum Gasteiger partial charge on any atom is -0.376 e. The number of aromatic nitrogens is 1. The molecule has 0 spiro atoms. The predicted molar refractivity (Wildman–Crippen MR) is 108 cm³/mol. The van der Waals surface area contributed by atoms with Crippen LogP contribution in [0.25, 0.3) is 11.3 Å². The fraction of sp³-hybridized carbons (Fsp3) is 0.250. The molecule has 3 nitrogen and oxygen atoms in total. The number of hydrogen-bond donors (Lipinski definition) is 0. The van der Waals surface area contributed by atoms with Crippen molar-refractivity contribution in [1.29, 1.82) is 0 Å². The maximum absolute atomic E-state index is 6.30. The average molecular weight is 405 g/mol. The van der Waals surface area contributed by atoms with Gasteiger partial charge in [-0.05, 0) is 42.7 Å². The summed E-state index contributed by atoms with van der Waals surface area (Å²) in [6.45, 7) is 1.62. The van der Waals surface area contributed by atoms with Gasteiger partial charge in [-0.3, -0.25) is 0 Å². The lowest BCUT2D eigenvalue weighted by molar-refractivity contribution is 0.0968. The lowest BCUT2D eigenvalue weighted by Crippen LogP contribution is -2.24. The zero-order valence-corrected chi connectivity index (χ0v) is 16.4. The zero-order chi connectivity index (χ0) is 17.9. The van der Waals surface area contributed by atoms with Gasteiger partial charge in [-0.25, -0.2) is 4.99 Å². The molecule has 1 unspecified atom stereocenters. The van der Waals surface area contributed by atoms with Crippen molar-refractivity contribution >= 4 is 40.2 Å². The molecule has 2 aromatic carbocycles. The summed E-state index contributed by atoms with van der Waals surface area (Å²) in [5, 5.41) is 3.52. The SMILES string of the molecule is Clc1ccc(-c2csc(=Nc3ccccc3Cl)n2CC2CCCO2)cc1. The Morgan fingerprint density at radius 3 is 2.65 bits per heavy atom. The molecule has 4 rings (SSSR count). The molecule has 6 heteroatoms. The first-order valence-electron chi connectivity index (χ1n) is 8.56. The van der Waals surface area contributed by atoms with E-state index in [0.717, 1.165) is 52.8 Å². The topological polar surface area (TPSA) is 26.5 Å². The smallest absolute Gasteiger partial charge is 0.190 e. The summed E-state index contributed by atoms with van der Waals surface area (Å²) in [7, 11) is 0. The number of hydrogen-bond acceptors (Lipinski definition) is 3. The van der Waals surface area contributed by atoms with Crippen molar-refractivity contribution in [1.82, 2.24) is 4.57 Å². The third kappa shape index (κ3) is 3.89. The van der Waals surface area contributed by atoms with Crippen LogP contribution in [0, 0.1) is 0 Å². The molecule has 0 aliphatic carbocycles. The van der Waals surface area contributed by atoms with Crippen molar-refractivity contribution in [3.8, 4) is 11.3 Å². The highest BCUT2D eigenvalue weighted by molar-refractivity contribution is 7.07. The minimum atomic E-state index is 0.223. The third-order valence-electron chi connectivity index (χ3n) is 4.42. The Morgan fingerprint density at radius 1 is 1.12 bits per heavy atom. The number of nitrogens with zero attached hydrogens (tertiary/aromatic N) is 2. The molecule has 0 saturated carbocycles. The molecule has 1 fully saturated rings. The first-order chi connectivity index (χ1) is 12.7. The van der Waals surface area contributed by atoms with Crippen LogP contribution in [-0.4, -0.2) is 17.3 Å². The lowest BCUT2D eigenvalue weighted by atomic mass is 10.1. The summed E-state index contributed by atoms with van der Waals surface area (Å²) in [6, 6.07) is 15.5. The standard InChI is InChI=1S/C20H18Cl2N2OS/c21-15-9-7-14(8-10-15)19-13-26-20(23-18-6-2-1-5-17(18)22)24(19)12-16-4-3-11-25-16/h1-2,5-10,13,16H,3-4,11-12H2. The second-order valence-corrected chi connectivity index (χ2v) is 7.90. The van der Waals surface area contributed by atoms with Gasteiger partial charge in [0.25, 0.3) is 0 Å². The number of halogens is 2. The predicted octanol–water partition coefficient (Wildman–Crippen LogP) is 5.93. The fourth-order valence-electron chi connectivity index (χ4n) is 3.08. The van der Waals surface area contributed by atoms with Gasteiger partial charge >= 0.3 is 0 Å². The van der Waals surface area contributed by atoms with Gasteiger partial charge in [-0.15, -0.1) is 11.3 Å². The molecule has 1 aliphatic heterocycles. The van der Waals surface area contributed by atoms with Crippen LogP contribution in [-0.2, 0) is 11.3 Å². The van der Waals surface area contributed by atoms with Gasteiger partial charge in [-0.1, -0.05) is 47.5 Å². The molecule has 26 heavy (non-hydrogen) atoms. The van der Waals surface area contributed by atoms with Crippen molar-refractivity contribution in [2.24, 2.45) is 4.99 Å². The summed E-state index contributed by atoms with van der Waals surface area (Å²) in [4.78, 5) is 5.73. The molecule has 0 N–H and O–H groups in total. The molecule has 3 aromatic rings. The van der Waals surface area contributed by atoms with E-state index in [1.165, 1.54) is 0 Å². The zero-order valence-electron chi connectivity index (χ0n) is 14.1. The summed E-state index contributed by atoms with van der Waals surface area (Å²) >= 11 is 14.0. The Hall–Kier alpha value is -1.59. The molecule has 134 valence electrons. The number of thiazole rings is 1. The van der Waals surface area contributed by atoms with E-state index >= 15 is 0 Å². The van der Waals surface area contributed by atoms with Crippen LogP contribution in [0.2, 0.25) is 10.0 Å². The molecule has 1 saturated heterocycles. The molecular formula is C20H18Cl2N2OS. The minimum absolute atomic E-state index is 0.223. The number of benzene rings is 2. The van der Waals surface area contributed by atoms with E-state index in [4.69, 9.17) is 32.9 Å². The van der Waals surface area contributed by atoms with Gasteiger partial charge in [0.1, 0.15) is 0 Å². The van der Waals surface area contributed by atoms with Gasteiger partial charge < -0.3 is 9.30 Å². The third-order valence-corrected chi connectivity index (χ3v) is 5.85. The molecule has 1 aliphatic rings. The van der Waals surface area contributed by atoms with Gasteiger partial charge in [-0.2, -0.15) is 0 Å². The first kappa shape index (κ1) is 17.8. The van der Waals surface area contributed by atoms with Crippen molar-refractivity contribution in [3.63, 3.8) is 0 Å². The van der Waals surface area contributed by atoms with Crippen molar-refractivity contribution in [2.45, 2.75) is 25.5 Å². The van der Waals surface area contributed by atoms with Gasteiger partial charge in [0.05, 0.1) is 29.1 Å². The van der Waals surface area contributed by atoms with Crippen LogP contribution >= 0.6 is 34.5 Å². The molecule has 2 heterocycles. The summed E-state index contributed by atoms with van der Waals surface area (Å²) in [5.41, 5.74) is 3.01. The van der Waals surface area contributed by atoms with Crippen molar-refractivity contribution in [3.05, 3.63) is 68.8 Å². The van der Waals surface area contributed by atoms with Crippen LogP contribution in [0.3, 0.4) is 0 Å². The second-order valence-electron chi connectivity index (χ2n) is 6.22. The van der Waals surface area contributed by atoms with Crippen LogP contribution < -0.4 is 4.80 Å². The molecular weight excluding hydrogens is 387 g/mol. The molecule has 0 amide bonds. The highest BCUT2D eigenvalue weighted by atomic mass is 35.5. The van der Waals surface area contributed by atoms with E-state index in [-0.39, 0.29) is 6.10 Å². The van der Waals surface area contributed by atoms with E-state index in [9.17, 15) is 0 Å². The number of rotatable bonds is 4. The monoisotopic (exact) mass is 404 g/mol. The van der Waals surface area contributed by atoms with Crippen molar-refractivity contribution in [2.75, 3.05) is 6.61 Å². The number of ether oxygens (including phenoxy) is 1. The number of para-hydroxylation sites is 1. The van der Waals surface area contributed by atoms with Gasteiger partial charge in [0, 0.05) is 17.0 Å². The molecule has 1 atom stereocenters. The highest BCUT2D eigenvalue weighted by Gasteiger charge is 2.19. The average Bonchev–Trinajstić information content (AvgIpc) is 3.29. The lowest BCUT2D eigenvalue weighted by Gasteiger charge is -2.14. The highest BCUT2D eigenvalue weighted by Crippen LogP contribution is 2.26. The van der Waals surface area contributed by atoms with Crippen LogP contribution in [0.5, 0.6) is 0 Å². The Kier molecular flexibility index (Phi) is 5.46. The van der Waals surface area contributed by atoms with E-state index in [0.29, 0.717) is 5.02 Å². The van der Waals surface area contributed by atoms with Gasteiger partial charge in [0.2, 0.25) is 0 Å². The van der Waals surface area contributed by atoms with E-state index in [1.807, 2.05) is 48.5 Å². The molecule has 0 radical (unpaired) electrons. The van der Waals surface area contributed by atoms with Crippen LogP contribution in [0.15, 0.2) is 58.9 Å². The largest absolute Gasteiger partial charge is 0.376 e. The maximum atomic E-state index is 6.30. The normalized spacial score (nSPS) is 17.8. The fourth-order valence-corrected chi connectivity index (χ4v) is 4.32. The Bertz CT molecular complexity index is 956. The molecule has 0 bridgehead atoms. The Balaban J connectivity index is 1.81. The quantitative estimate of drug-likeness (QED) is 0.528. The van der Waals surface area contributed by atoms with Crippen molar-refractivity contribution < 1.29 is 4.74 Å². The molecule has 1 aromatic heterocycles. The first-order valence-corrected chi connectivity index (χ1v) is 10.2. The van der Waals surface area contributed by atoms with Gasteiger partial charge in [0.15, 0.2) is 4.80 Å². The summed E-state index contributed by atoms with van der Waals surface area (Å²) < 4.78 is 8.09. The second kappa shape index (κ2) is 7.97. The van der Waals surface area contributed by atoms with E-state index in [1.54, 1.807) is 11.3 Å². The maximum Gasteiger partial charge on any atom is 0.190 e. The van der Waals surface area contributed by atoms with Crippen LogP contribution in [0.4, 0.5) is 5.69 Å².